The average Bonchev–Trinajstić information content (AvgIpc) is 2.94. The first-order valence-electron chi connectivity index (χ1n) is 5.86. The maximum Gasteiger partial charge on any atom is 0.311 e. The van der Waals surface area contributed by atoms with Crippen LogP contribution in [0.5, 0.6) is 0 Å². The first-order valence-corrected chi connectivity index (χ1v) is 7.06. The number of aliphatic carboxylic acids is 1. The Balaban J connectivity index is 1.99. The van der Waals surface area contributed by atoms with E-state index in [9.17, 15) is 9.59 Å². The van der Waals surface area contributed by atoms with Crippen molar-refractivity contribution in [3.8, 4) is 0 Å². The highest BCUT2D eigenvalue weighted by atomic mass is 35.5. The second-order valence-electron chi connectivity index (χ2n) is 4.85. The summed E-state index contributed by atoms with van der Waals surface area (Å²) in [5, 5.41) is 9.11. The molecule has 1 fully saturated rings. The lowest BCUT2D eigenvalue weighted by Gasteiger charge is -2.18. The van der Waals surface area contributed by atoms with Gasteiger partial charge in [-0.15, -0.1) is 11.3 Å². The first-order chi connectivity index (χ1) is 8.90. The van der Waals surface area contributed by atoms with E-state index in [1.807, 2.05) is 6.07 Å². The third-order valence-electron chi connectivity index (χ3n) is 3.29. The Morgan fingerprint density at radius 2 is 2.26 bits per heavy atom. The molecule has 0 bridgehead atoms. The summed E-state index contributed by atoms with van der Waals surface area (Å²) in [6, 6.07) is 3.61. The van der Waals surface area contributed by atoms with Gasteiger partial charge in [-0.2, -0.15) is 0 Å². The number of likely N-dealkylation sites (tertiary alicyclic amines) is 1. The highest BCUT2D eigenvalue weighted by molar-refractivity contribution is 7.17. The number of hydrogen-bond donors (Lipinski definition) is 1. The zero-order chi connectivity index (χ0) is 14.0. The van der Waals surface area contributed by atoms with E-state index >= 15 is 0 Å². The van der Waals surface area contributed by atoms with Crippen molar-refractivity contribution in [2.45, 2.75) is 13.3 Å². The monoisotopic (exact) mass is 299 g/mol. The van der Waals surface area contributed by atoms with Crippen molar-refractivity contribution in [1.29, 1.82) is 0 Å². The summed E-state index contributed by atoms with van der Waals surface area (Å²) in [5.41, 5.74) is -0.824. The van der Waals surface area contributed by atoms with Crippen LogP contribution in [-0.4, -0.2) is 35.0 Å². The van der Waals surface area contributed by atoms with Gasteiger partial charge in [0.05, 0.1) is 9.75 Å². The zero-order valence-electron chi connectivity index (χ0n) is 10.4. The van der Waals surface area contributed by atoms with Gasteiger partial charge in [0.2, 0.25) is 5.91 Å². The molecule has 1 amide bonds. The second kappa shape index (κ2) is 5.35. The van der Waals surface area contributed by atoms with Gasteiger partial charge in [0, 0.05) is 24.0 Å². The summed E-state index contributed by atoms with van der Waals surface area (Å²) in [7, 11) is 0. The minimum atomic E-state index is -0.850. The molecule has 0 aromatic carbocycles. The van der Waals surface area contributed by atoms with Crippen molar-refractivity contribution in [3.63, 3.8) is 0 Å². The largest absolute Gasteiger partial charge is 0.481 e. The van der Waals surface area contributed by atoms with Crippen LogP contribution in [-0.2, 0) is 9.59 Å². The molecular weight excluding hydrogens is 286 g/mol. The summed E-state index contributed by atoms with van der Waals surface area (Å²) < 4.78 is 0.673. The van der Waals surface area contributed by atoms with E-state index in [2.05, 4.69) is 0 Å². The molecule has 6 heteroatoms. The molecule has 2 heterocycles. The number of carbonyl (C=O) groups is 2. The van der Waals surface area contributed by atoms with Crippen LogP contribution in [0.1, 0.15) is 18.2 Å². The minimum absolute atomic E-state index is 0.158. The zero-order valence-corrected chi connectivity index (χ0v) is 12.0. The van der Waals surface area contributed by atoms with Crippen LogP contribution in [0.25, 0.3) is 6.08 Å². The molecule has 1 atom stereocenters. The van der Waals surface area contributed by atoms with E-state index in [1.54, 1.807) is 24.0 Å². The van der Waals surface area contributed by atoms with Crippen molar-refractivity contribution in [2.24, 2.45) is 5.41 Å². The van der Waals surface area contributed by atoms with Gasteiger partial charge in [-0.25, -0.2) is 0 Å². The quantitative estimate of drug-likeness (QED) is 0.873. The van der Waals surface area contributed by atoms with E-state index in [1.165, 1.54) is 17.4 Å². The van der Waals surface area contributed by atoms with Crippen LogP contribution >= 0.6 is 22.9 Å². The molecule has 1 aliphatic heterocycles. The predicted molar refractivity (Wildman–Crippen MR) is 75.3 cm³/mol. The number of carboxylic acid groups (broad SMARTS) is 1. The van der Waals surface area contributed by atoms with Crippen molar-refractivity contribution < 1.29 is 14.7 Å². The number of amides is 1. The molecule has 1 N–H and O–H groups in total. The Labute approximate surface area is 120 Å². The summed E-state index contributed by atoms with van der Waals surface area (Å²) in [4.78, 5) is 25.5. The summed E-state index contributed by atoms with van der Waals surface area (Å²) in [5.74, 6) is -1.01. The number of hydrogen-bond acceptors (Lipinski definition) is 3. The SMILES string of the molecule is C[C@@]1(C(=O)O)CCN(C(=O)/C=C/c2ccc(Cl)s2)C1. The number of thiophene rings is 1. The van der Waals surface area contributed by atoms with Gasteiger partial charge in [-0.1, -0.05) is 11.6 Å². The first kappa shape index (κ1) is 14.1. The van der Waals surface area contributed by atoms with Gasteiger partial charge in [0.25, 0.3) is 0 Å². The molecule has 1 aromatic rings. The Kier molecular flexibility index (Phi) is 3.96. The fraction of sp³-hybridized carbons (Fsp3) is 0.385. The minimum Gasteiger partial charge on any atom is -0.481 e. The smallest absolute Gasteiger partial charge is 0.311 e. The topological polar surface area (TPSA) is 57.6 Å². The summed E-state index contributed by atoms with van der Waals surface area (Å²) in [6.07, 6.45) is 3.66. The molecule has 0 radical (unpaired) electrons. The van der Waals surface area contributed by atoms with E-state index < -0.39 is 11.4 Å². The Bertz CT molecular complexity index is 540. The number of nitrogens with zero attached hydrogens (tertiary/aromatic N) is 1. The van der Waals surface area contributed by atoms with Crippen LogP contribution in [0.3, 0.4) is 0 Å². The fourth-order valence-corrected chi connectivity index (χ4v) is 2.96. The standard InChI is InChI=1S/C13H14ClNO3S/c1-13(12(17)18)6-7-15(8-13)11(16)5-3-9-2-4-10(14)19-9/h2-5H,6-8H2,1H3,(H,17,18)/b5-3+/t13-/m1/s1. The molecule has 1 saturated heterocycles. The number of carboxylic acids is 1. The Hall–Kier alpha value is -1.33. The van der Waals surface area contributed by atoms with Gasteiger partial charge < -0.3 is 10.0 Å². The van der Waals surface area contributed by atoms with E-state index in [4.69, 9.17) is 16.7 Å². The maximum absolute atomic E-state index is 12.0. The molecule has 1 aliphatic rings. The number of rotatable bonds is 3. The molecule has 19 heavy (non-hydrogen) atoms. The number of carbonyl (C=O) groups excluding carboxylic acids is 1. The second-order valence-corrected chi connectivity index (χ2v) is 6.60. The molecule has 0 aliphatic carbocycles. The molecule has 0 spiro atoms. The lowest BCUT2D eigenvalue weighted by atomic mass is 9.90. The summed E-state index contributed by atoms with van der Waals surface area (Å²) >= 11 is 7.19. The third kappa shape index (κ3) is 3.16. The Morgan fingerprint density at radius 3 is 2.79 bits per heavy atom. The van der Waals surface area contributed by atoms with Gasteiger partial charge in [0.1, 0.15) is 0 Å². The predicted octanol–water partition coefficient (Wildman–Crippen LogP) is 2.74. The molecule has 2 rings (SSSR count). The van der Waals surface area contributed by atoms with E-state index in [0.29, 0.717) is 17.3 Å². The highest BCUT2D eigenvalue weighted by Gasteiger charge is 2.41. The average molecular weight is 300 g/mol. The van der Waals surface area contributed by atoms with Crippen LogP contribution < -0.4 is 0 Å². The number of halogens is 1. The fourth-order valence-electron chi connectivity index (χ4n) is 2.00. The van der Waals surface area contributed by atoms with Crippen molar-refractivity contribution in [1.82, 2.24) is 4.90 Å². The molecule has 0 unspecified atom stereocenters. The maximum atomic E-state index is 12.0. The molecular formula is C13H14ClNO3S. The van der Waals surface area contributed by atoms with Crippen LogP contribution in [0.15, 0.2) is 18.2 Å². The van der Waals surface area contributed by atoms with Crippen LogP contribution in [0, 0.1) is 5.41 Å². The van der Waals surface area contributed by atoms with E-state index in [-0.39, 0.29) is 12.5 Å². The molecule has 0 saturated carbocycles. The van der Waals surface area contributed by atoms with Crippen molar-refractivity contribution >= 4 is 40.9 Å². The molecule has 4 nitrogen and oxygen atoms in total. The van der Waals surface area contributed by atoms with E-state index in [0.717, 1.165) is 4.88 Å². The van der Waals surface area contributed by atoms with Crippen molar-refractivity contribution in [2.75, 3.05) is 13.1 Å². The highest BCUT2D eigenvalue weighted by Crippen LogP contribution is 2.30. The van der Waals surface area contributed by atoms with Crippen LogP contribution in [0.2, 0.25) is 4.34 Å². The normalized spacial score (nSPS) is 23.2. The lowest BCUT2D eigenvalue weighted by molar-refractivity contribution is -0.147. The summed E-state index contributed by atoms with van der Waals surface area (Å²) in [6.45, 7) is 2.42. The third-order valence-corrected chi connectivity index (χ3v) is 4.48. The van der Waals surface area contributed by atoms with Crippen molar-refractivity contribution in [3.05, 3.63) is 27.4 Å². The molecule has 102 valence electrons. The van der Waals surface area contributed by atoms with Gasteiger partial charge in [0.15, 0.2) is 0 Å². The van der Waals surface area contributed by atoms with Gasteiger partial charge >= 0.3 is 5.97 Å². The lowest BCUT2D eigenvalue weighted by Crippen LogP contribution is -2.34. The van der Waals surface area contributed by atoms with Gasteiger partial charge in [-0.3, -0.25) is 9.59 Å². The Morgan fingerprint density at radius 1 is 1.53 bits per heavy atom. The molecule has 1 aromatic heterocycles. The van der Waals surface area contributed by atoms with Crippen LogP contribution in [0.4, 0.5) is 0 Å². The van der Waals surface area contributed by atoms with Gasteiger partial charge in [-0.05, 0) is 31.6 Å².